The zero-order valence-corrected chi connectivity index (χ0v) is 10.4. The number of hydrogen-bond acceptors (Lipinski definition) is 4. The molecule has 0 aromatic heterocycles. The summed E-state index contributed by atoms with van der Waals surface area (Å²) < 4.78 is 30.2. The first-order chi connectivity index (χ1) is 8.04. The van der Waals surface area contributed by atoms with Gasteiger partial charge < -0.3 is 4.74 Å². The summed E-state index contributed by atoms with van der Waals surface area (Å²) in [7, 11) is 0. The summed E-state index contributed by atoms with van der Waals surface area (Å²) in [5.41, 5.74) is 2.23. The van der Waals surface area contributed by atoms with Crippen LogP contribution >= 0.6 is 15.9 Å². The lowest BCUT2D eigenvalue weighted by Gasteiger charge is -2.03. The first-order valence-electron chi connectivity index (χ1n) is 4.66. The molecule has 0 aliphatic carbocycles. The molecular formula is C10H9BrF2N2O2. The zero-order valence-electron chi connectivity index (χ0n) is 8.84. The highest BCUT2D eigenvalue weighted by Crippen LogP contribution is 2.15. The van der Waals surface area contributed by atoms with Crippen LogP contribution in [0.25, 0.3) is 0 Å². The third-order valence-corrected chi connectivity index (χ3v) is 2.15. The van der Waals surface area contributed by atoms with Crippen LogP contribution < -0.4 is 5.43 Å². The molecular weight excluding hydrogens is 298 g/mol. The molecule has 92 valence electrons. The number of rotatable bonds is 4. The van der Waals surface area contributed by atoms with Crippen LogP contribution in [0.15, 0.2) is 23.3 Å². The van der Waals surface area contributed by atoms with E-state index < -0.39 is 17.6 Å². The van der Waals surface area contributed by atoms with Gasteiger partial charge in [0.05, 0.1) is 12.3 Å². The smallest absolute Gasteiger partial charge is 0.366 e. The van der Waals surface area contributed by atoms with E-state index in [0.717, 1.165) is 6.07 Å². The standard InChI is InChI=1S/C10H9BrF2N2O2/c1-2-17-10(16)9(11)15-14-8-4-3-6(12)5-7(8)13/h3-5,14H,2H2,1H3. The van der Waals surface area contributed by atoms with Gasteiger partial charge in [0.2, 0.25) is 4.62 Å². The number of nitrogens with zero attached hydrogens (tertiary/aromatic N) is 1. The number of anilines is 1. The third kappa shape index (κ3) is 4.10. The normalized spacial score (nSPS) is 11.2. The van der Waals surface area contributed by atoms with E-state index in [4.69, 9.17) is 0 Å². The van der Waals surface area contributed by atoms with Gasteiger partial charge in [0.1, 0.15) is 5.82 Å². The number of ether oxygens (including phenoxy) is 1. The average molecular weight is 307 g/mol. The molecule has 0 atom stereocenters. The van der Waals surface area contributed by atoms with Crippen molar-refractivity contribution in [3.63, 3.8) is 0 Å². The van der Waals surface area contributed by atoms with E-state index in [-0.39, 0.29) is 16.9 Å². The molecule has 0 bridgehead atoms. The Bertz CT molecular complexity index is 452. The van der Waals surface area contributed by atoms with Gasteiger partial charge in [-0.05, 0) is 35.0 Å². The van der Waals surface area contributed by atoms with Gasteiger partial charge in [-0.25, -0.2) is 13.6 Å². The molecule has 0 saturated carbocycles. The average Bonchev–Trinajstić information content (AvgIpc) is 2.27. The van der Waals surface area contributed by atoms with Gasteiger partial charge in [-0.15, -0.1) is 0 Å². The summed E-state index contributed by atoms with van der Waals surface area (Å²) in [5, 5.41) is 3.55. The van der Waals surface area contributed by atoms with Crippen molar-refractivity contribution in [3.05, 3.63) is 29.8 Å². The molecule has 17 heavy (non-hydrogen) atoms. The van der Waals surface area contributed by atoms with E-state index in [9.17, 15) is 13.6 Å². The van der Waals surface area contributed by atoms with Gasteiger partial charge in [0.15, 0.2) is 5.82 Å². The lowest BCUT2D eigenvalue weighted by atomic mass is 10.3. The summed E-state index contributed by atoms with van der Waals surface area (Å²) >= 11 is 2.86. The van der Waals surface area contributed by atoms with Crippen LogP contribution in [0.5, 0.6) is 0 Å². The number of halogens is 3. The number of esters is 1. The predicted octanol–water partition coefficient (Wildman–Crippen LogP) is 2.65. The Morgan fingerprint density at radius 3 is 2.82 bits per heavy atom. The van der Waals surface area contributed by atoms with Crippen LogP contribution in [0.2, 0.25) is 0 Å². The van der Waals surface area contributed by atoms with Crippen LogP contribution in [0.1, 0.15) is 6.92 Å². The number of nitrogens with one attached hydrogen (secondary N) is 1. The molecule has 7 heteroatoms. The second kappa shape index (κ2) is 6.29. The van der Waals surface area contributed by atoms with Gasteiger partial charge in [-0.3, -0.25) is 5.43 Å². The van der Waals surface area contributed by atoms with Gasteiger partial charge in [-0.2, -0.15) is 5.10 Å². The van der Waals surface area contributed by atoms with Crippen molar-refractivity contribution in [2.75, 3.05) is 12.0 Å². The van der Waals surface area contributed by atoms with Crippen LogP contribution in [0.4, 0.5) is 14.5 Å². The summed E-state index contributed by atoms with van der Waals surface area (Å²) in [6.45, 7) is 1.85. The quantitative estimate of drug-likeness (QED) is 0.528. The SMILES string of the molecule is CCOC(=O)C(Br)=NNc1ccc(F)cc1F. The highest BCUT2D eigenvalue weighted by molar-refractivity contribution is 9.19. The minimum absolute atomic E-state index is 0.0485. The van der Waals surface area contributed by atoms with Crippen LogP contribution in [0, 0.1) is 11.6 Å². The van der Waals surface area contributed by atoms with Crippen molar-refractivity contribution in [1.29, 1.82) is 0 Å². The first kappa shape index (κ1) is 13.6. The lowest BCUT2D eigenvalue weighted by Crippen LogP contribution is -2.13. The molecule has 0 spiro atoms. The Morgan fingerprint density at radius 1 is 1.53 bits per heavy atom. The van der Waals surface area contributed by atoms with E-state index in [0.29, 0.717) is 6.07 Å². The second-order valence-electron chi connectivity index (χ2n) is 2.86. The van der Waals surface area contributed by atoms with Crippen LogP contribution in [0.3, 0.4) is 0 Å². The monoisotopic (exact) mass is 306 g/mol. The molecule has 1 aromatic carbocycles. The molecule has 0 radical (unpaired) electrons. The summed E-state index contributed by atoms with van der Waals surface area (Å²) in [5.74, 6) is -2.18. The molecule has 4 nitrogen and oxygen atoms in total. The van der Waals surface area contributed by atoms with Gasteiger partial charge in [-0.1, -0.05) is 0 Å². The minimum Gasteiger partial charge on any atom is -0.461 e. The van der Waals surface area contributed by atoms with Crippen LogP contribution in [-0.2, 0) is 9.53 Å². The van der Waals surface area contributed by atoms with E-state index in [1.165, 1.54) is 6.07 Å². The topological polar surface area (TPSA) is 50.7 Å². The molecule has 0 aliphatic heterocycles. The van der Waals surface area contributed by atoms with Crippen molar-refractivity contribution < 1.29 is 18.3 Å². The van der Waals surface area contributed by atoms with Crippen molar-refractivity contribution in [1.82, 2.24) is 0 Å². The number of hydrazone groups is 1. The zero-order chi connectivity index (χ0) is 12.8. The first-order valence-corrected chi connectivity index (χ1v) is 5.45. The van der Waals surface area contributed by atoms with Crippen LogP contribution in [-0.4, -0.2) is 17.2 Å². The number of hydrogen-bond donors (Lipinski definition) is 1. The number of benzene rings is 1. The Hall–Kier alpha value is -1.50. The molecule has 0 fully saturated rings. The highest BCUT2D eigenvalue weighted by Gasteiger charge is 2.09. The fourth-order valence-corrected chi connectivity index (χ4v) is 1.13. The predicted molar refractivity (Wildman–Crippen MR) is 63.0 cm³/mol. The molecule has 0 heterocycles. The molecule has 1 rings (SSSR count). The summed E-state index contributed by atoms with van der Waals surface area (Å²) in [6, 6.07) is 2.94. The van der Waals surface area contributed by atoms with Gasteiger partial charge in [0.25, 0.3) is 0 Å². The maximum Gasteiger partial charge on any atom is 0.366 e. The van der Waals surface area contributed by atoms with Crippen molar-refractivity contribution >= 4 is 32.2 Å². The maximum absolute atomic E-state index is 13.1. The minimum atomic E-state index is -0.807. The lowest BCUT2D eigenvalue weighted by molar-refractivity contribution is -0.134. The Balaban J connectivity index is 2.72. The molecule has 0 unspecified atom stereocenters. The van der Waals surface area contributed by atoms with Gasteiger partial charge >= 0.3 is 5.97 Å². The Kier molecular flexibility index (Phi) is 5.02. The molecule has 0 aliphatic rings. The largest absolute Gasteiger partial charge is 0.461 e. The van der Waals surface area contributed by atoms with E-state index in [1.807, 2.05) is 0 Å². The molecule has 0 amide bonds. The van der Waals surface area contributed by atoms with Crippen molar-refractivity contribution in [3.8, 4) is 0 Å². The number of carbonyl (C=O) groups is 1. The van der Waals surface area contributed by atoms with E-state index in [2.05, 4.69) is 31.2 Å². The van der Waals surface area contributed by atoms with Crippen molar-refractivity contribution in [2.45, 2.75) is 6.92 Å². The molecule has 1 N–H and O–H groups in total. The highest BCUT2D eigenvalue weighted by atomic mass is 79.9. The Labute approximate surface area is 105 Å². The summed E-state index contributed by atoms with van der Waals surface area (Å²) in [6.07, 6.45) is 0. The fourth-order valence-electron chi connectivity index (χ4n) is 0.926. The molecule has 0 saturated heterocycles. The van der Waals surface area contributed by atoms with E-state index >= 15 is 0 Å². The fraction of sp³-hybridized carbons (Fsp3) is 0.200. The number of carbonyl (C=O) groups excluding carboxylic acids is 1. The van der Waals surface area contributed by atoms with Gasteiger partial charge in [0, 0.05) is 6.07 Å². The van der Waals surface area contributed by atoms with Crippen molar-refractivity contribution in [2.24, 2.45) is 5.10 Å². The van der Waals surface area contributed by atoms with E-state index in [1.54, 1.807) is 6.92 Å². The molecule has 1 aromatic rings. The Morgan fingerprint density at radius 2 is 2.24 bits per heavy atom. The third-order valence-electron chi connectivity index (χ3n) is 1.65. The second-order valence-corrected chi connectivity index (χ2v) is 3.61. The maximum atomic E-state index is 13.1. The summed E-state index contributed by atoms with van der Waals surface area (Å²) in [4.78, 5) is 11.1.